The fraction of sp³-hybridized carbons (Fsp3) is 0.250. The topological polar surface area (TPSA) is 57.7 Å². The van der Waals surface area contributed by atoms with E-state index in [2.05, 4.69) is 15.9 Å². The van der Waals surface area contributed by atoms with Crippen LogP contribution in [0.5, 0.6) is 0 Å². The molecule has 7 heteroatoms. The number of halogens is 1. The van der Waals surface area contributed by atoms with Crippen LogP contribution in [-0.4, -0.2) is 32.3 Å². The summed E-state index contributed by atoms with van der Waals surface area (Å²) in [5, 5.41) is 0. The number of likely N-dealkylation sites (tertiary alicyclic amines) is 1. The highest BCUT2D eigenvalue weighted by atomic mass is 79.9. The fourth-order valence-corrected chi connectivity index (χ4v) is 5.30. The lowest BCUT2D eigenvalue weighted by atomic mass is 10.1. The van der Waals surface area contributed by atoms with Crippen LogP contribution in [0.1, 0.15) is 19.3 Å². The molecule has 0 spiro atoms. The van der Waals surface area contributed by atoms with Gasteiger partial charge in [-0.2, -0.15) is 0 Å². The highest BCUT2D eigenvalue weighted by Crippen LogP contribution is 2.40. The number of sulfone groups is 1. The predicted molar refractivity (Wildman–Crippen MR) is 108 cm³/mol. The van der Waals surface area contributed by atoms with Crippen LogP contribution in [0.3, 0.4) is 0 Å². The van der Waals surface area contributed by atoms with Gasteiger partial charge in [-0.1, -0.05) is 28.1 Å². The average Bonchev–Trinajstić information content (AvgIpc) is 2.69. The number of nitrogens with zero attached hydrogens (tertiary/aromatic N) is 2. The molecule has 140 valence electrons. The molecule has 2 heterocycles. The van der Waals surface area contributed by atoms with Gasteiger partial charge < -0.3 is 9.80 Å². The molecule has 2 aliphatic rings. The SMILES string of the molecule is O=C(C1=CN(c2ccc(Br)cc2)c2ccccc2S1(=O)=O)N1CCCCC1. The summed E-state index contributed by atoms with van der Waals surface area (Å²) in [4.78, 5) is 16.5. The molecule has 0 radical (unpaired) electrons. The van der Waals surface area contributed by atoms with Crippen molar-refractivity contribution in [3.63, 3.8) is 0 Å². The molecule has 2 aromatic rings. The van der Waals surface area contributed by atoms with Crippen LogP contribution in [0.4, 0.5) is 11.4 Å². The number of amides is 1. The number of benzene rings is 2. The fourth-order valence-electron chi connectivity index (χ4n) is 3.50. The molecular weight excluding hydrogens is 428 g/mol. The molecule has 0 aliphatic carbocycles. The largest absolute Gasteiger partial charge is 0.338 e. The first-order valence-corrected chi connectivity index (χ1v) is 11.2. The summed E-state index contributed by atoms with van der Waals surface area (Å²) in [6.45, 7) is 1.21. The number of anilines is 2. The van der Waals surface area contributed by atoms with E-state index in [1.807, 2.05) is 24.3 Å². The molecule has 27 heavy (non-hydrogen) atoms. The van der Waals surface area contributed by atoms with Crippen LogP contribution in [0, 0.1) is 0 Å². The Kier molecular flexibility index (Phi) is 4.82. The maximum atomic E-state index is 13.2. The van der Waals surface area contributed by atoms with Gasteiger partial charge in [0, 0.05) is 29.4 Å². The van der Waals surface area contributed by atoms with Crippen LogP contribution < -0.4 is 4.90 Å². The Morgan fingerprint density at radius 3 is 2.30 bits per heavy atom. The number of hydrogen-bond acceptors (Lipinski definition) is 4. The minimum Gasteiger partial charge on any atom is -0.338 e. The van der Waals surface area contributed by atoms with Gasteiger partial charge in [-0.25, -0.2) is 8.42 Å². The van der Waals surface area contributed by atoms with Crippen molar-refractivity contribution in [2.24, 2.45) is 0 Å². The van der Waals surface area contributed by atoms with Crippen molar-refractivity contribution < 1.29 is 13.2 Å². The van der Waals surface area contributed by atoms with Gasteiger partial charge in [-0.05, 0) is 55.7 Å². The first kappa shape index (κ1) is 18.3. The van der Waals surface area contributed by atoms with Crippen molar-refractivity contribution >= 4 is 43.0 Å². The Morgan fingerprint density at radius 1 is 0.926 bits per heavy atom. The quantitative estimate of drug-likeness (QED) is 0.692. The maximum absolute atomic E-state index is 13.2. The number of rotatable bonds is 2. The van der Waals surface area contributed by atoms with Gasteiger partial charge in [0.05, 0.1) is 10.6 Å². The van der Waals surface area contributed by atoms with Crippen molar-refractivity contribution in [3.8, 4) is 0 Å². The summed E-state index contributed by atoms with van der Waals surface area (Å²) in [6.07, 6.45) is 4.36. The van der Waals surface area contributed by atoms with Gasteiger partial charge in [0.15, 0.2) is 4.91 Å². The van der Waals surface area contributed by atoms with E-state index in [4.69, 9.17) is 0 Å². The van der Waals surface area contributed by atoms with Crippen LogP contribution in [-0.2, 0) is 14.6 Å². The number of para-hydroxylation sites is 1. The van der Waals surface area contributed by atoms with Gasteiger partial charge in [0.25, 0.3) is 5.91 Å². The van der Waals surface area contributed by atoms with Crippen LogP contribution in [0.2, 0.25) is 0 Å². The number of carbonyl (C=O) groups is 1. The van der Waals surface area contributed by atoms with Crippen molar-refractivity contribution in [1.82, 2.24) is 4.90 Å². The third kappa shape index (κ3) is 3.30. The molecule has 0 unspecified atom stereocenters. The van der Waals surface area contributed by atoms with Crippen molar-refractivity contribution in [3.05, 3.63) is 64.1 Å². The lowest BCUT2D eigenvalue weighted by Crippen LogP contribution is -2.39. The maximum Gasteiger partial charge on any atom is 0.267 e. The number of carbonyl (C=O) groups excluding carboxylic acids is 1. The zero-order valence-electron chi connectivity index (χ0n) is 14.6. The molecule has 1 amide bonds. The minimum atomic E-state index is -3.86. The van der Waals surface area contributed by atoms with E-state index in [-0.39, 0.29) is 9.80 Å². The third-order valence-corrected chi connectivity index (χ3v) is 7.22. The highest BCUT2D eigenvalue weighted by molar-refractivity contribution is 9.10. The van der Waals surface area contributed by atoms with E-state index in [1.165, 1.54) is 6.20 Å². The Labute approximate surface area is 167 Å². The zero-order chi connectivity index (χ0) is 19.0. The van der Waals surface area contributed by atoms with Crippen molar-refractivity contribution in [2.45, 2.75) is 24.2 Å². The first-order valence-electron chi connectivity index (χ1n) is 8.88. The predicted octanol–water partition coefficient (Wildman–Crippen LogP) is 4.23. The van der Waals surface area contributed by atoms with E-state index < -0.39 is 15.7 Å². The molecular formula is C20H19BrN2O3S. The zero-order valence-corrected chi connectivity index (χ0v) is 17.0. The van der Waals surface area contributed by atoms with Crippen molar-refractivity contribution in [2.75, 3.05) is 18.0 Å². The second kappa shape index (κ2) is 7.13. The Bertz CT molecular complexity index is 1010. The molecule has 0 bridgehead atoms. The average molecular weight is 447 g/mol. The molecule has 1 saturated heterocycles. The highest BCUT2D eigenvalue weighted by Gasteiger charge is 2.37. The Balaban J connectivity index is 1.84. The first-order chi connectivity index (χ1) is 13.0. The monoisotopic (exact) mass is 446 g/mol. The van der Waals surface area contributed by atoms with E-state index in [9.17, 15) is 13.2 Å². The van der Waals surface area contributed by atoms with E-state index in [0.29, 0.717) is 18.8 Å². The van der Waals surface area contributed by atoms with E-state index in [1.54, 1.807) is 34.1 Å². The number of piperidine rings is 1. The molecule has 5 nitrogen and oxygen atoms in total. The molecule has 4 rings (SSSR count). The Morgan fingerprint density at radius 2 is 1.59 bits per heavy atom. The third-order valence-electron chi connectivity index (χ3n) is 4.91. The summed E-state index contributed by atoms with van der Waals surface area (Å²) >= 11 is 3.42. The second-order valence-corrected chi connectivity index (χ2v) is 9.47. The molecule has 2 aromatic carbocycles. The summed E-state index contributed by atoms with van der Waals surface area (Å²) in [6, 6.07) is 14.4. The molecule has 1 fully saturated rings. The summed E-state index contributed by atoms with van der Waals surface area (Å²) in [7, 11) is -3.86. The van der Waals surface area contributed by atoms with Gasteiger partial charge in [0.1, 0.15) is 0 Å². The normalized spacial score (nSPS) is 18.6. The van der Waals surface area contributed by atoms with E-state index >= 15 is 0 Å². The van der Waals surface area contributed by atoms with Crippen LogP contribution in [0.25, 0.3) is 0 Å². The summed E-state index contributed by atoms with van der Waals surface area (Å²) < 4.78 is 27.3. The van der Waals surface area contributed by atoms with Crippen molar-refractivity contribution in [1.29, 1.82) is 0 Å². The second-order valence-electron chi connectivity index (χ2n) is 6.66. The molecule has 0 N–H and O–H groups in total. The standard InChI is InChI=1S/C20H19BrN2O3S/c21-15-8-10-16(11-9-15)23-14-19(20(24)22-12-4-1-5-13-22)27(25,26)18-7-3-2-6-17(18)23/h2-3,6-11,14H,1,4-5,12-13H2. The molecule has 2 aliphatic heterocycles. The Hall–Kier alpha value is -2.12. The molecule has 0 atom stereocenters. The van der Waals surface area contributed by atoms with E-state index in [0.717, 1.165) is 29.4 Å². The minimum absolute atomic E-state index is 0.161. The van der Waals surface area contributed by atoms with Gasteiger partial charge in [0.2, 0.25) is 9.84 Å². The number of fused-ring (bicyclic) bond motifs is 1. The smallest absolute Gasteiger partial charge is 0.267 e. The number of hydrogen-bond donors (Lipinski definition) is 0. The van der Waals surface area contributed by atoms with Crippen LogP contribution >= 0.6 is 15.9 Å². The van der Waals surface area contributed by atoms with Crippen LogP contribution in [0.15, 0.2) is 69.0 Å². The summed E-state index contributed by atoms with van der Waals surface area (Å²) in [5.41, 5.74) is 1.35. The molecule has 0 saturated carbocycles. The summed E-state index contributed by atoms with van der Waals surface area (Å²) in [5.74, 6) is -0.411. The lowest BCUT2D eigenvalue weighted by molar-refractivity contribution is -0.127. The molecule has 0 aromatic heterocycles. The van der Waals surface area contributed by atoms with Gasteiger partial charge >= 0.3 is 0 Å². The lowest BCUT2D eigenvalue weighted by Gasteiger charge is -2.32. The van der Waals surface area contributed by atoms with Gasteiger partial charge in [-0.15, -0.1) is 0 Å². The van der Waals surface area contributed by atoms with Gasteiger partial charge in [-0.3, -0.25) is 4.79 Å².